The molecule has 37 heavy (non-hydrogen) atoms. The van der Waals surface area contributed by atoms with Crippen molar-refractivity contribution in [1.29, 1.82) is 0 Å². The highest BCUT2D eigenvalue weighted by Crippen LogP contribution is 2.48. The van der Waals surface area contributed by atoms with Crippen molar-refractivity contribution in [1.82, 2.24) is 14.8 Å². The third-order valence-corrected chi connectivity index (χ3v) is 7.60. The molecule has 1 fully saturated rings. The minimum atomic E-state index is -4.41. The van der Waals surface area contributed by atoms with Crippen molar-refractivity contribution in [3.05, 3.63) is 62.4 Å². The first-order valence-electron chi connectivity index (χ1n) is 11.9. The van der Waals surface area contributed by atoms with E-state index < -0.39 is 55.7 Å². The third kappa shape index (κ3) is 5.86. The second-order valence-electron chi connectivity index (χ2n) is 9.04. The number of aromatic amines is 1. The topological polar surface area (TPSA) is 158 Å². The van der Waals surface area contributed by atoms with Crippen LogP contribution in [0.2, 0.25) is 0 Å². The van der Waals surface area contributed by atoms with Gasteiger partial charge in [0.15, 0.2) is 11.9 Å². The first-order valence-corrected chi connectivity index (χ1v) is 13.4. The number of halogens is 1. The number of aliphatic hydroxyl groups excluding tert-OH is 1. The molecule has 202 valence electrons. The van der Waals surface area contributed by atoms with Crippen LogP contribution < -0.4 is 21.0 Å². The number of alkyl halides is 1. The summed E-state index contributed by atoms with van der Waals surface area (Å²) in [5, 5.41) is 12.6. The lowest BCUT2D eigenvalue weighted by Crippen LogP contribution is -2.43. The van der Waals surface area contributed by atoms with Gasteiger partial charge in [-0.15, -0.1) is 0 Å². The summed E-state index contributed by atoms with van der Waals surface area (Å²) in [6.07, 6.45) is -0.357. The lowest BCUT2D eigenvalue weighted by molar-refractivity contribution is -0.147. The maximum absolute atomic E-state index is 15.5. The van der Waals surface area contributed by atoms with Crippen LogP contribution in [0, 0.1) is 0 Å². The van der Waals surface area contributed by atoms with E-state index in [1.807, 2.05) is 11.1 Å². The molecule has 0 radical (unpaired) electrons. The fraction of sp³-hybridized carbons (Fsp3) is 0.522. The maximum Gasteiger partial charge on any atom is 0.491 e. The maximum atomic E-state index is 15.5. The SMILES string of the molecule is CCC(=O)ONP(=O)(OC[C@H]1O[C@@H](n2ccc(=O)[nH]c2=O)[C@](C)(F)[C@@H]1O)Oc1cccc2c1CCCC2. The number of hydrogen-bond acceptors (Lipinski definition) is 9. The van der Waals surface area contributed by atoms with Crippen molar-refractivity contribution in [3.63, 3.8) is 0 Å². The zero-order valence-electron chi connectivity index (χ0n) is 20.3. The van der Waals surface area contributed by atoms with Gasteiger partial charge in [0.05, 0.1) is 6.61 Å². The number of H-pyrrole nitrogens is 1. The van der Waals surface area contributed by atoms with Gasteiger partial charge in [0.2, 0.25) is 0 Å². The highest BCUT2D eigenvalue weighted by molar-refractivity contribution is 7.51. The van der Waals surface area contributed by atoms with Crippen LogP contribution in [0.15, 0.2) is 40.1 Å². The average Bonchev–Trinajstić information content (AvgIpc) is 3.10. The van der Waals surface area contributed by atoms with Gasteiger partial charge in [-0.3, -0.25) is 23.7 Å². The molecule has 1 aliphatic heterocycles. The standard InChI is InChI=1S/C23H29FN3O9P/c1-3-19(29)35-26-37(32,36-16-10-6-8-14-7-4-5-9-15(14)16)33-13-17-20(30)23(2,24)21(34-17)27-12-11-18(28)25-22(27)31/h6,8,10-12,17,20-21,30H,3-5,7,9,13H2,1-2H3,(H,26,32)(H,25,28,31)/t17-,20-,21-,23-,37?/m1/s1. The Morgan fingerprint density at radius 3 is 2.81 bits per heavy atom. The molecule has 1 unspecified atom stereocenters. The molecule has 0 saturated carbocycles. The summed E-state index contributed by atoms with van der Waals surface area (Å²) in [6.45, 7) is 1.90. The Kier molecular flexibility index (Phi) is 8.00. The normalized spacial score (nSPS) is 26.8. The summed E-state index contributed by atoms with van der Waals surface area (Å²) in [5.41, 5.74) is -2.22. The van der Waals surface area contributed by atoms with E-state index in [1.165, 1.54) is 6.92 Å². The van der Waals surface area contributed by atoms with E-state index in [0.29, 0.717) is 6.42 Å². The predicted octanol–water partition coefficient (Wildman–Crippen LogP) is 2.06. The molecule has 1 aliphatic carbocycles. The Bertz CT molecular complexity index is 1310. The second-order valence-corrected chi connectivity index (χ2v) is 10.7. The summed E-state index contributed by atoms with van der Waals surface area (Å²) in [6, 6.07) is 6.31. The summed E-state index contributed by atoms with van der Waals surface area (Å²) in [4.78, 5) is 42.1. The molecule has 12 nitrogen and oxygen atoms in total. The number of nitrogens with zero attached hydrogens (tertiary/aromatic N) is 1. The number of aromatic nitrogens is 2. The number of ether oxygens (including phenoxy) is 1. The Morgan fingerprint density at radius 2 is 2.08 bits per heavy atom. The van der Waals surface area contributed by atoms with Gasteiger partial charge in [-0.2, -0.15) is 0 Å². The van der Waals surface area contributed by atoms with Gasteiger partial charge in [0.25, 0.3) is 5.56 Å². The van der Waals surface area contributed by atoms with Crippen molar-refractivity contribution in [2.24, 2.45) is 0 Å². The minimum Gasteiger partial charge on any atom is -0.411 e. The van der Waals surface area contributed by atoms with E-state index in [1.54, 1.807) is 12.1 Å². The number of aliphatic hydroxyl groups is 1. The molecule has 2 heterocycles. The number of fused-ring (bicyclic) bond motifs is 1. The van der Waals surface area contributed by atoms with E-state index in [2.05, 4.69) is 5.25 Å². The van der Waals surface area contributed by atoms with Crippen molar-refractivity contribution in [2.45, 2.75) is 70.1 Å². The number of benzene rings is 1. The number of aryl methyl sites for hydroxylation is 1. The van der Waals surface area contributed by atoms with Crippen LogP contribution in [0.5, 0.6) is 5.75 Å². The fourth-order valence-corrected chi connectivity index (χ4v) is 5.48. The van der Waals surface area contributed by atoms with Crippen LogP contribution in [0.25, 0.3) is 0 Å². The lowest BCUT2D eigenvalue weighted by atomic mass is 9.91. The molecule has 4 rings (SSSR count). The molecule has 0 spiro atoms. The molecule has 2 aromatic rings. The monoisotopic (exact) mass is 541 g/mol. The van der Waals surface area contributed by atoms with Gasteiger partial charge in [-0.1, -0.05) is 19.1 Å². The molecule has 0 bridgehead atoms. The summed E-state index contributed by atoms with van der Waals surface area (Å²) >= 11 is 0. The van der Waals surface area contributed by atoms with E-state index >= 15 is 4.39 Å². The van der Waals surface area contributed by atoms with Crippen LogP contribution in [0.4, 0.5) is 4.39 Å². The van der Waals surface area contributed by atoms with Crippen molar-refractivity contribution in [3.8, 4) is 5.75 Å². The van der Waals surface area contributed by atoms with Gasteiger partial charge in [0.1, 0.15) is 18.0 Å². The summed E-state index contributed by atoms with van der Waals surface area (Å²) in [7, 11) is -4.41. The predicted molar refractivity (Wildman–Crippen MR) is 128 cm³/mol. The molecule has 0 amide bonds. The quantitative estimate of drug-likeness (QED) is 0.317. The van der Waals surface area contributed by atoms with E-state index in [4.69, 9.17) is 18.6 Å². The number of rotatable bonds is 9. The van der Waals surface area contributed by atoms with Crippen LogP contribution in [-0.4, -0.2) is 45.1 Å². The van der Waals surface area contributed by atoms with E-state index in [-0.39, 0.29) is 12.2 Å². The molecule has 1 aromatic carbocycles. The van der Waals surface area contributed by atoms with Crippen LogP contribution >= 0.6 is 7.75 Å². The van der Waals surface area contributed by atoms with Gasteiger partial charge >= 0.3 is 19.4 Å². The second kappa shape index (κ2) is 10.9. The molecular formula is C23H29FN3O9P. The zero-order valence-corrected chi connectivity index (χ0v) is 21.2. The molecule has 3 N–H and O–H groups in total. The third-order valence-electron chi connectivity index (χ3n) is 6.36. The summed E-state index contributed by atoms with van der Waals surface area (Å²) in [5.74, 6) is -0.449. The lowest BCUT2D eigenvalue weighted by Gasteiger charge is -2.25. The van der Waals surface area contributed by atoms with E-state index in [9.17, 15) is 24.1 Å². The Morgan fingerprint density at radius 1 is 1.32 bits per heavy atom. The van der Waals surface area contributed by atoms with Crippen molar-refractivity contribution >= 4 is 13.7 Å². The van der Waals surface area contributed by atoms with Gasteiger partial charge in [-0.05, 0) is 55.1 Å². The first kappa shape index (κ1) is 27.2. The highest BCUT2D eigenvalue weighted by Gasteiger charge is 2.56. The van der Waals surface area contributed by atoms with Crippen LogP contribution in [0.3, 0.4) is 0 Å². The summed E-state index contributed by atoms with van der Waals surface area (Å²) < 4.78 is 46.6. The van der Waals surface area contributed by atoms with Crippen molar-refractivity contribution in [2.75, 3.05) is 6.61 Å². The van der Waals surface area contributed by atoms with E-state index in [0.717, 1.165) is 54.1 Å². The average molecular weight is 541 g/mol. The van der Waals surface area contributed by atoms with Crippen LogP contribution in [0.1, 0.15) is 50.5 Å². The smallest absolute Gasteiger partial charge is 0.411 e. The first-order chi connectivity index (χ1) is 17.5. The zero-order chi connectivity index (χ0) is 26.8. The number of carbonyl (C=O) groups is 1. The minimum absolute atomic E-state index is 0.0199. The Balaban J connectivity index is 1.55. The molecular weight excluding hydrogens is 512 g/mol. The number of nitrogens with one attached hydrogen (secondary N) is 2. The molecule has 5 atom stereocenters. The van der Waals surface area contributed by atoms with Crippen molar-refractivity contribution < 1.29 is 37.5 Å². The number of carbonyl (C=O) groups excluding carboxylic acids is 1. The van der Waals surface area contributed by atoms with Gasteiger partial charge in [-0.25, -0.2) is 13.8 Å². The Labute approximate surface area is 211 Å². The molecule has 2 aliphatic rings. The molecule has 1 aromatic heterocycles. The number of hydrogen-bond donors (Lipinski definition) is 3. The highest BCUT2D eigenvalue weighted by atomic mass is 31.2. The van der Waals surface area contributed by atoms with Gasteiger partial charge < -0.3 is 19.2 Å². The van der Waals surface area contributed by atoms with Crippen LogP contribution in [-0.2, 0) is 36.3 Å². The molecule has 1 saturated heterocycles. The fourth-order valence-electron chi connectivity index (χ4n) is 4.35. The Hall–Kier alpha value is -2.83. The largest absolute Gasteiger partial charge is 0.491 e. The van der Waals surface area contributed by atoms with Gasteiger partial charge in [0, 0.05) is 18.7 Å². The molecule has 14 heteroatoms.